The molecule has 0 bridgehead atoms. The summed E-state index contributed by atoms with van der Waals surface area (Å²) >= 11 is 0. The van der Waals surface area contributed by atoms with Gasteiger partial charge in [0.15, 0.2) is 0 Å². The molecule has 0 radical (unpaired) electrons. The van der Waals surface area contributed by atoms with Crippen molar-refractivity contribution in [1.29, 1.82) is 0 Å². The van der Waals surface area contributed by atoms with E-state index in [0.717, 1.165) is 0 Å². The van der Waals surface area contributed by atoms with E-state index in [-0.39, 0.29) is 5.56 Å². The highest BCUT2D eigenvalue weighted by Gasteiger charge is 2.09. The van der Waals surface area contributed by atoms with Gasteiger partial charge in [-0.3, -0.25) is 4.98 Å². The molecule has 0 aliphatic rings. The lowest BCUT2D eigenvalue weighted by Gasteiger charge is -1.90. The summed E-state index contributed by atoms with van der Waals surface area (Å²) in [5.41, 5.74) is 0.674. The molecule has 0 fully saturated rings. The van der Waals surface area contributed by atoms with Crippen molar-refractivity contribution in [2.45, 2.75) is 0 Å². The third-order valence-electron chi connectivity index (χ3n) is 1.56. The second kappa shape index (κ2) is 2.30. The molecule has 2 rings (SSSR count). The van der Waals surface area contributed by atoms with Crippen LogP contribution < -0.4 is 0 Å². The third kappa shape index (κ3) is 0.833. The van der Waals surface area contributed by atoms with Crippen LogP contribution in [0, 0.1) is 0 Å². The van der Waals surface area contributed by atoms with Gasteiger partial charge in [-0.25, -0.2) is 9.31 Å². The zero-order valence-electron chi connectivity index (χ0n) is 6.01. The molecule has 0 amide bonds. The highest BCUT2D eigenvalue weighted by atomic mass is 16.4. The lowest BCUT2D eigenvalue weighted by atomic mass is 10.3. The van der Waals surface area contributed by atoms with E-state index in [0.29, 0.717) is 5.52 Å². The molecule has 60 valence electrons. The summed E-state index contributed by atoms with van der Waals surface area (Å²) in [5.74, 6) is -0.988. The number of carboxylic acid groups (broad SMARTS) is 1. The molecule has 1 N–H and O–H groups in total. The molecule has 0 saturated carbocycles. The molecule has 0 unspecified atom stereocenters. The number of carboxylic acids is 1. The van der Waals surface area contributed by atoms with Crippen LogP contribution in [0.25, 0.3) is 5.52 Å². The van der Waals surface area contributed by atoms with Crippen LogP contribution in [0.3, 0.4) is 0 Å². The molecule has 12 heavy (non-hydrogen) atoms. The van der Waals surface area contributed by atoms with Gasteiger partial charge in [-0.15, -0.1) is 0 Å². The highest BCUT2D eigenvalue weighted by molar-refractivity contribution is 5.95. The maximum Gasteiger partial charge on any atom is 0.339 e. The number of fused-ring (bicyclic) bond motifs is 1. The largest absolute Gasteiger partial charge is 0.478 e. The lowest BCUT2D eigenvalue weighted by molar-refractivity contribution is 0.0699. The maximum atomic E-state index is 10.6. The molecule has 5 nitrogen and oxygen atoms in total. The average Bonchev–Trinajstić information content (AvgIpc) is 2.47. The van der Waals surface area contributed by atoms with Crippen LogP contribution in [0.2, 0.25) is 0 Å². The molecule has 2 aromatic heterocycles. The van der Waals surface area contributed by atoms with Crippen molar-refractivity contribution in [3.63, 3.8) is 0 Å². The summed E-state index contributed by atoms with van der Waals surface area (Å²) in [7, 11) is 0. The van der Waals surface area contributed by atoms with Crippen LogP contribution in [0.15, 0.2) is 24.8 Å². The van der Waals surface area contributed by atoms with E-state index in [1.165, 1.54) is 16.9 Å². The van der Waals surface area contributed by atoms with Crippen LogP contribution in [0.5, 0.6) is 0 Å². The van der Waals surface area contributed by atoms with Crippen LogP contribution in [0.4, 0.5) is 0 Å². The topological polar surface area (TPSA) is 67.5 Å². The monoisotopic (exact) mass is 163 g/mol. The van der Waals surface area contributed by atoms with Crippen molar-refractivity contribution in [3.05, 3.63) is 30.4 Å². The van der Waals surface area contributed by atoms with E-state index >= 15 is 0 Å². The molecule has 5 heteroatoms. The van der Waals surface area contributed by atoms with Crippen LogP contribution in [0.1, 0.15) is 10.4 Å². The third-order valence-corrected chi connectivity index (χ3v) is 1.56. The Morgan fingerprint density at radius 1 is 1.50 bits per heavy atom. The van der Waals surface area contributed by atoms with Gasteiger partial charge in [0.1, 0.15) is 5.56 Å². The molecule has 0 aliphatic carbocycles. The first-order valence-electron chi connectivity index (χ1n) is 3.29. The summed E-state index contributed by atoms with van der Waals surface area (Å²) in [6, 6.07) is 0. The predicted octanol–water partition coefficient (Wildman–Crippen LogP) is 0.427. The quantitative estimate of drug-likeness (QED) is 0.661. The Kier molecular flexibility index (Phi) is 1.30. The molecule has 0 spiro atoms. The fourth-order valence-corrected chi connectivity index (χ4v) is 0.999. The molecule has 0 atom stereocenters. The molecule has 2 aromatic rings. The van der Waals surface area contributed by atoms with Crippen molar-refractivity contribution in [3.8, 4) is 0 Å². The first kappa shape index (κ1) is 6.78. The number of carbonyl (C=O) groups is 1. The number of aromatic carboxylic acids is 1. The zero-order chi connectivity index (χ0) is 8.55. The van der Waals surface area contributed by atoms with E-state index in [9.17, 15) is 4.79 Å². The summed E-state index contributed by atoms with van der Waals surface area (Å²) in [6.45, 7) is 0. The molecule has 2 heterocycles. The van der Waals surface area contributed by atoms with Gasteiger partial charge < -0.3 is 5.11 Å². The molecular formula is C7H5N3O2. The number of nitrogens with zero attached hydrogens (tertiary/aromatic N) is 3. The van der Waals surface area contributed by atoms with Crippen LogP contribution >= 0.6 is 0 Å². The Morgan fingerprint density at radius 2 is 2.33 bits per heavy atom. The van der Waals surface area contributed by atoms with E-state index in [4.69, 9.17) is 5.11 Å². The second-order valence-electron chi connectivity index (χ2n) is 2.27. The van der Waals surface area contributed by atoms with Gasteiger partial charge in [0.25, 0.3) is 0 Å². The fraction of sp³-hybridized carbons (Fsp3) is 0. The summed E-state index contributed by atoms with van der Waals surface area (Å²) in [5, 5.41) is 12.5. The molecular weight excluding hydrogens is 158 g/mol. The zero-order valence-corrected chi connectivity index (χ0v) is 6.01. The van der Waals surface area contributed by atoms with Crippen LogP contribution in [-0.2, 0) is 0 Å². The van der Waals surface area contributed by atoms with Crippen LogP contribution in [-0.4, -0.2) is 25.7 Å². The van der Waals surface area contributed by atoms with Gasteiger partial charge >= 0.3 is 5.97 Å². The van der Waals surface area contributed by atoms with E-state index in [2.05, 4.69) is 10.1 Å². The minimum Gasteiger partial charge on any atom is -0.478 e. The SMILES string of the molecule is O=C(O)c1cnn2ccncc12. The normalized spacial score (nSPS) is 10.3. The summed E-state index contributed by atoms with van der Waals surface area (Å²) in [4.78, 5) is 14.4. The second-order valence-corrected chi connectivity index (χ2v) is 2.27. The standard InChI is InChI=1S/C7H5N3O2/c11-7(12)5-3-9-10-2-1-8-4-6(5)10/h1-4H,(H,11,12). The van der Waals surface area contributed by atoms with Gasteiger partial charge in [0, 0.05) is 12.4 Å². The Labute approximate surface area is 67.3 Å². The van der Waals surface area contributed by atoms with Gasteiger partial charge in [0.05, 0.1) is 17.9 Å². The van der Waals surface area contributed by atoms with E-state index in [1.807, 2.05) is 0 Å². The van der Waals surface area contributed by atoms with Gasteiger partial charge in [-0.2, -0.15) is 5.10 Å². The first-order valence-corrected chi connectivity index (χ1v) is 3.29. The Balaban J connectivity index is 2.79. The maximum absolute atomic E-state index is 10.6. The molecule has 0 aliphatic heterocycles. The van der Waals surface area contributed by atoms with E-state index in [1.54, 1.807) is 12.4 Å². The van der Waals surface area contributed by atoms with Crippen molar-refractivity contribution in [2.75, 3.05) is 0 Å². The smallest absolute Gasteiger partial charge is 0.339 e. The summed E-state index contributed by atoms with van der Waals surface area (Å²) < 4.78 is 1.47. The van der Waals surface area contributed by atoms with Crippen molar-refractivity contribution < 1.29 is 9.90 Å². The Morgan fingerprint density at radius 3 is 3.08 bits per heavy atom. The number of hydrogen-bond donors (Lipinski definition) is 1. The first-order chi connectivity index (χ1) is 5.79. The predicted molar refractivity (Wildman–Crippen MR) is 39.9 cm³/mol. The minimum absolute atomic E-state index is 0.170. The van der Waals surface area contributed by atoms with Gasteiger partial charge in [-0.05, 0) is 0 Å². The summed E-state index contributed by atoms with van der Waals surface area (Å²) in [6.07, 6.45) is 5.92. The highest BCUT2D eigenvalue weighted by Crippen LogP contribution is 2.07. The Hall–Kier alpha value is -1.91. The number of aromatic nitrogens is 3. The van der Waals surface area contributed by atoms with Crippen molar-refractivity contribution >= 4 is 11.5 Å². The number of rotatable bonds is 1. The average molecular weight is 163 g/mol. The molecule has 0 saturated heterocycles. The number of hydrogen-bond acceptors (Lipinski definition) is 3. The van der Waals surface area contributed by atoms with Gasteiger partial charge in [0.2, 0.25) is 0 Å². The fourth-order valence-electron chi connectivity index (χ4n) is 0.999. The van der Waals surface area contributed by atoms with Gasteiger partial charge in [-0.1, -0.05) is 0 Å². The van der Waals surface area contributed by atoms with E-state index < -0.39 is 5.97 Å². The minimum atomic E-state index is -0.988. The van der Waals surface area contributed by atoms with Crippen molar-refractivity contribution in [1.82, 2.24) is 14.6 Å². The molecule has 0 aromatic carbocycles. The van der Waals surface area contributed by atoms with Crippen molar-refractivity contribution in [2.24, 2.45) is 0 Å². The lowest BCUT2D eigenvalue weighted by Crippen LogP contribution is -1.95. The Bertz CT molecular complexity index is 435.